The normalized spacial score (nSPS) is 23.9. The highest BCUT2D eigenvalue weighted by Gasteiger charge is 2.26. The molecule has 0 aromatic carbocycles. The van der Waals surface area contributed by atoms with Gasteiger partial charge in [-0.1, -0.05) is 0 Å². The maximum atomic E-state index is 11.8. The monoisotopic (exact) mass is 272 g/mol. The molecule has 3 N–H and O–H groups in total. The fourth-order valence-electron chi connectivity index (χ4n) is 2.12. The first-order valence-electron chi connectivity index (χ1n) is 5.72. The number of amides is 1. The number of aliphatic hydroxyl groups is 1. The van der Waals surface area contributed by atoms with E-state index in [2.05, 4.69) is 10.3 Å². The average molecular weight is 272 g/mol. The highest BCUT2D eigenvalue weighted by molar-refractivity contribution is 7.73. The summed E-state index contributed by atoms with van der Waals surface area (Å²) >= 11 is 6.46. The Morgan fingerprint density at radius 2 is 2.41 bits per heavy atom. The van der Waals surface area contributed by atoms with Crippen molar-refractivity contribution in [3.05, 3.63) is 14.5 Å². The molecule has 4 nitrogen and oxygen atoms in total. The van der Waals surface area contributed by atoms with E-state index in [1.54, 1.807) is 0 Å². The number of aryl methyl sites for hydroxylation is 1. The third kappa shape index (κ3) is 3.14. The molecule has 2 atom stereocenters. The Bertz CT molecular complexity index is 466. The van der Waals surface area contributed by atoms with Gasteiger partial charge in [0.1, 0.15) is 0 Å². The number of aromatic nitrogens is 1. The van der Waals surface area contributed by atoms with Crippen molar-refractivity contribution in [1.82, 2.24) is 10.3 Å². The summed E-state index contributed by atoms with van der Waals surface area (Å²) in [4.78, 5) is 15.8. The summed E-state index contributed by atoms with van der Waals surface area (Å²) in [6.45, 7) is 1.92. The molecule has 1 aliphatic rings. The van der Waals surface area contributed by atoms with E-state index in [4.69, 9.17) is 12.2 Å². The smallest absolute Gasteiger partial charge is 0.225 e. The predicted octanol–water partition coefficient (Wildman–Crippen LogP) is 1.69. The summed E-state index contributed by atoms with van der Waals surface area (Å²) in [5.41, 5.74) is 0.960. The van der Waals surface area contributed by atoms with Gasteiger partial charge in [-0.3, -0.25) is 4.79 Å². The molecule has 1 aromatic rings. The van der Waals surface area contributed by atoms with Gasteiger partial charge in [0, 0.05) is 10.6 Å². The average Bonchev–Trinajstić information content (AvgIpc) is 2.75. The molecule has 1 fully saturated rings. The first-order valence-corrected chi connectivity index (χ1v) is 6.95. The van der Waals surface area contributed by atoms with Crippen molar-refractivity contribution >= 4 is 29.5 Å². The topological polar surface area (TPSA) is 65.1 Å². The largest absolute Gasteiger partial charge is 0.391 e. The van der Waals surface area contributed by atoms with Gasteiger partial charge in [-0.15, -0.1) is 11.3 Å². The van der Waals surface area contributed by atoms with Crippen molar-refractivity contribution in [2.24, 2.45) is 0 Å². The molecular weight excluding hydrogens is 256 g/mol. The number of aliphatic hydroxyl groups excluding tert-OH is 1. The van der Waals surface area contributed by atoms with Crippen LogP contribution in [0.5, 0.6) is 0 Å². The van der Waals surface area contributed by atoms with E-state index in [9.17, 15) is 9.90 Å². The van der Waals surface area contributed by atoms with Gasteiger partial charge in [-0.2, -0.15) is 0 Å². The van der Waals surface area contributed by atoms with Crippen LogP contribution in [0.4, 0.5) is 0 Å². The molecule has 1 aromatic heterocycles. The Hall–Kier alpha value is -0.720. The Morgan fingerprint density at radius 1 is 1.65 bits per heavy atom. The minimum absolute atomic E-state index is 0.0377. The molecule has 0 aliphatic heterocycles. The maximum absolute atomic E-state index is 11.8. The zero-order valence-corrected chi connectivity index (χ0v) is 11.3. The Morgan fingerprint density at radius 3 is 2.94 bits per heavy atom. The molecule has 0 bridgehead atoms. The summed E-state index contributed by atoms with van der Waals surface area (Å²) in [7, 11) is 0. The molecule has 2 rings (SSSR count). The van der Waals surface area contributed by atoms with Gasteiger partial charge in [-0.05, 0) is 38.4 Å². The van der Waals surface area contributed by atoms with Crippen LogP contribution in [0.1, 0.15) is 29.8 Å². The third-order valence-electron chi connectivity index (χ3n) is 3.07. The van der Waals surface area contributed by atoms with Gasteiger partial charge < -0.3 is 15.4 Å². The summed E-state index contributed by atoms with van der Waals surface area (Å²) in [6, 6.07) is -0.0743. The van der Waals surface area contributed by atoms with Crippen molar-refractivity contribution in [2.45, 2.75) is 44.8 Å². The molecule has 1 heterocycles. The van der Waals surface area contributed by atoms with Crippen molar-refractivity contribution < 1.29 is 9.90 Å². The second kappa shape index (κ2) is 5.29. The second-order valence-electron chi connectivity index (χ2n) is 4.41. The van der Waals surface area contributed by atoms with Gasteiger partial charge in [0.15, 0.2) is 3.95 Å². The molecule has 0 spiro atoms. The highest BCUT2D eigenvalue weighted by Crippen LogP contribution is 2.19. The quantitative estimate of drug-likeness (QED) is 0.734. The van der Waals surface area contributed by atoms with Crippen LogP contribution in [0.3, 0.4) is 0 Å². The van der Waals surface area contributed by atoms with Crippen LogP contribution in [-0.4, -0.2) is 28.1 Å². The van der Waals surface area contributed by atoms with Crippen LogP contribution in [0.2, 0.25) is 0 Å². The minimum atomic E-state index is -0.385. The summed E-state index contributed by atoms with van der Waals surface area (Å²) in [5, 5.41) is 12.5. The van der Waals surface area contributed by atoms with Crippen LogP contribution in [0.15, 0.2) is 0 Å². The molecule has 0 radical (unpaired) electrons. The van der Waals surface area contributed by atoms with Crippen molar-refractivity contribution in [3.63, 3.8) is 0 Å². The number of aromatic amines is 1. The highest BCUT2D eigenvalue weighted by atomic mass is 32.1. The number of carbonyl (C=O) groups is 1. The SMILES string of the molecule is Cc1[nH]c(=S)sc1CC(=O)N[C@@H]1CCC[C@@H]1O. The van der Waals surface area contributed by atoms with E-state index < -0.39 is 0 Å². The lowest BCUT2D eigenvalue weighted by atomic mass is 10.2. The summed E-state index contributed by atoms with van der Waals surface area (Å²) in [6.07, 6.45) is 2.59. The number of hydrogen-bond donors (Lipinski definition) is 3. The Labute approximate surface area is 109 Å². The Balaban J connectivity index is 1.93. The van der Waals surface area contributed by atoms with E-state index in [0.717, 1.165) is 29.8 Å². The molecule has 17 heavy (non-hydrogen) atoms. The first-order chi connectivity index (χ1) is 8.06. The number of rotatable bonds is 3. The van der Waals surface area contributed by atoms with Gasteiger partial charge in [0.2, 0.25) is 5.91 Å². The van der Waals surface area contributed by atoms with Crippen LogP contribution in [-0.2, 0) is 11.2 Å². The van der Waals surface area contributed by atoms with Gasteiger partial charge in [0.05, 0.1) is 18.6 Å². The molecular formula is C11H16N2O2S2. The van der Waals surface area contributed by atoms with E-state index in [-0.39, 0.29) is 18.1 Å². The number of nitrogens with one attached hydrogen (secondary N) is 2. The van der Waals surface area contributed by atoms with Crippen LogP contribution in [0, 0.1) is 10.9 Å². The fraction of sp³-hybridized carbons (Fsp3) is 0.636. The van der Waals surface area contributed by atoms with Crippen molar-refractivity contribution in [2.75, 3.05) is 0 Å². The van der Waals surface area contributed by atoms with Gasteiger partial charge >= 0.3 is 0 Å². The predicted molar refractivity (Wildman–Crippen MR) is 69.7 cm³/mol. The molecule has 0 saturated heterocycles. The van der Waals surface area contributed by atoms with Gasteiger partial charge in [-0.25, -0.2) is 0 Å². The van der Waals surface area contributed by atoms with Crippen LogP contribution in [0.25, 0.3) is 0 Å². The number of H-pyrrole nitrogens is 1. The molecule has 1 aliphatic carbocycles. The van der Waals surface area contributed by atoms with Crippen LogP contribution < -0.4 is 5.32 Å². The number of hydrogen-bond acceptors (Lipinski definition) is 4. The summed E-state index contributed by atoms with van der Waals surface area (Å²) < 4.78 is 0.700. The van der Waals surface area contributed by atoms with E-state index in [1.165, 1.54) is 11.3 Å². The number of thiazole rings is 1. The van der Waals surface area contributed by atoms with Crippen LogP contribution >= 0.6 is 23.6 Å². The maximum Gasteiger partial charge on any atom is 0.225 e. The lowest BCUT2D eigenvalue weighted by Crippen LogP contribution is -2.40. The lowest BCUT2D eigenvalue weighted by Gasteiger charge is -2.16. The van der Waals surface area contributed by atoms with E-state index in [0.29, 0.717) is 10.4 Å². The third-order valence-corrected chi connectivity index (χ3v) is 4.41. The lowest BCUT2D eigenvalue weighted by molar-refractivity contribution is -0.121. The second-order valence-corrected chi connectivity index (χ2v) is 6.18. The molecule has 1 saturated carbocycles. The van der Waals surface area contributed by atoms with E-state index >= 15 is 0 Å². The molecule has 6 heteroatoms. The fourth-order valence-corrected chi connectivity index (χ4v) is 3.41. The Kier molecular flexibility index (Phi) is 3.96. The number of carbonyl (C=O) groups excluding carboxylic acids is 1. The zero-order chi connectivity index (χ0) is 12.4. The first kappa shape index (κ1) is 12.7. The van der Waals surface area contributed by atoms with Crippen molar-refractivity contribution in [1.29, 1.82) is 0 Å². The van der Waals surface area contributed by atoms with E-state index in [1.807, 2.05) is 6.92 Å². The minimum Gasteiger partial charge on any atom is -0.391 e. The van der Waals surface area contributed by atoms with Crippen molar-refractivity contribution in [3.8, 4) is 0 Å². The summed E-state index contributed by atoms with van der Waals surface area (Å²) in [5.74, 6) is -0.0377. The molecule has 1 amide bonds. The van der Waals surface area contributed by atoms with Gasteiger partial charge in [0.25, 0.3) is 0 Å². The molecule has 94 valence electrons. The standard InChI is InChI=1S/C11H16N2O2S2/c1-6-9(17-11(16)12-6)5-10(15)13-7-3-2-4-8(7)14/h7-8,14H,2-5H2,1H3,(H,12,16)(H,13,15)/t7-,8+/m1/s1. The zero-order valence-electron chi connectivity index (χ0n) is 9.66. The molecule has 0 unspecified atom stereocenters.